The third kappa shape index (κ3) is 4.40. The minimum absolute atomic E-state index is 0.120. The lowest BCUT2D eigenvalue weighted by Gasteiger charge is -2.13. The van der Waals surface area contributed by atoms with Gasteiger partial charge in [0.2, 0.25) is 0 Å². The van der Waals surface area contributed by atoms with Crippen molar-refractivity contribution in [1.29, 1.82) is 0 Å². The summed E-state index contributed by atoms with van der Waals surface area (Å²) in [7, 11) is 0. The molecule has 0 radical (unpaired) electrons. The summed E-state index contributed by atoms with van der Waals surface area (Å²) in [6, 6.07) is 2.14. The van der Waals surface area contributed by atoms with E-state index in [1.807, 2.05) is 0 Å². The maximum Gasteiger partial charge on any atom is 0.433 e. The molecule has 1 saturated heterocycles. The van der Waals surface area contributed by atoms with Crippen LogP contribution < -0.4 is 0 Å². The molecule has 2 aromatic rings. The van der Waals surface area contributed by atoms with Crippen molar-refractivity contribution in [2.75, 3.05) is 0 Å². The van der Waals surface area contributed by atoms with Crippen molar-refractivity contribution in [3.05, 3.63) is 70.2 Å². The fourth-order valence-electron chi connectivity index (χ4n) is 2.49. The number of benzene rings is 1. The molecule has 0 saturated carbocycles. The normalized spacial score (nSPS) is 19.0. The van der Waals surface area contributed by atoms with Gasteiger partial charge < -0.3 is 9.84 Å². The minimum Gasteiger partial charge on any atom is -0.504 e. The first kappa shape index (κ1) is 20.8. The van der Waals surface area contributed by atoms with Crippen molar-refractivity contribution in [3.63, 3.8) is 0 Å². The Labute approximate surface area is 156 Å². The zero-order chi connectivity index (χ0) is 21.8. The first-order valence-corrected chi connectivity index (χ1v) is 7.60. The molecular weight excluding hydrogens is 421 g/mol. The molecule has 1 N–H and O–H groups in total. The number of epoxide rings is 1. The van der Waals surface area contributed by atoms with Crippen molar-refractivity contribution >= 4 is 5.76 Å². The summed E-state index contributed by atoms with van der Waals surface area (Å²) in [4.78, 5) is 3.12. The molecule has 0 spiro atoms. The van der Waals surface area contributed by atoms with Gasteiger partial charge in [-0.3, -0.25) is 4.98 Å². The van der Waals surface area contributed by atoms with E-state index in [2.05, 4.69) is 4.98 Å². The maximum absolute atomic E-state index is 12.9. The van der Waals surface area contributed by atoms with Crippen LogP contribution in [0.1, 0.15) is 34.1 Å². The molecule has 3 nitrogen and oxygen atoms in total. The van der Waals surface area contributed by atoms with Gasteiger partial charge in [0, 0.05) is 17.3 Å². The summed E-state index contributed by atoms with van der Waals surface area (Å²) < 4.78 is 120. The van der Waals surface area contributed by atoms with Gasteiger partial charge >= 0.3 is 18.5 Å². The SMILES string of the molecule is O/C(=C1\OC1c1ccnc(C(F)(F)F)c1)c1cc(C(F)(F)F)cc(C(F)(F)F)c1. The number of aliphatic hydroxyl groups is 1. The van der Waals surface area contributed by atoms with Gasteiger partial charge in [-0.15, -0.1) is 0 Å². The van der Waals surface area contributed by atoms with Gasteiger partial charge in [0.15, 0.2) is 17.6 Å². The quantitative estimate of drug-likeness (QED) is 0.355. The fraction of sp³-hybridized carbons (Fsp3) is 0.235. The molecule has 1 aliphatic rings. The van der Waals surface area contributed by atoms with Crippen molar-refractivity contribution in [3.8, 4) is 0 Å². The molecular formula is C17H8F9NO2. The predicted molar refractivity (Wildman–Crippen MR) is 79.1 cm³/mol. The Morgan fingerprint density at radius 1 is 0.828 bits per heavy atom. The van der Waals surface area contributed by atoms with E-state index in [1.54, 1.807) is 0 Å². The summed E-state index contributed by atoms with van der Waals surface area (Å²) >= 11 is 0. The Balaban J connectivity index is 2.01. The van der Waals surface area contributed by atoms with Crippen LogP contribution in [0.25, 0.3) is 5.76 Å². The summed E-state index contributed by atoms with van der Waals surface area (Å²) in [5.74, 6) is -1.51. The number of hydrogen-bond donors (Lipinski definition) is 1. The van der Waals surface area contributed by atoms with Crippen molar-refractivity contribution < 1.29 is 49.4 Å². The second-order valence-electron chi connectivity index (χ2n) is 5.98. The van der Waals surface area contributed by atoms with Crippen LogP contribution in [-0.4, -0.2) is 10.1 Å². The summed E-state index contributed by atoms with van der Waals surface area (Å²) in [6.45, 7) is 0. The lowest BCUT2D eigenvalue weighted by Crippen LogP contribution is -2.11. The highest BCUT2D eigenvalue weighted by atomic mass is 19.4. The lowest BCUT2D eigenvalue weighted by molar-refractivity contribution is -0.143. The molecule has 0 amide bonds. The summed E-state index contributed by atoms with van der Waals surface area (Å²) in [5.41, 5.74) is -5.56. The number of ether oxygens (including phenoxy) is 1. The second kappa shape index (κ2) is 6.56. The molecule has 2 heterocycles. The topological polar surface area (TPSA) is 45.6 Å². The zero-order valence-corrected chi connectivity index (χ0v) is 13.7. The lowest BCUT2D eigenvalue weighted by atomic mass is 10.0. The number of alkyl halides is 9. The van der Waals surface area contributed by atoms with E-state index in [-0.39, 0.29) is 23.8 Å². The van der Waals surface area contributed by atoms with E-state index in [0.29, 0.717) is 6.07 Å². The Morgan fingerprint density at radius 3 is 1.86 bits per heavy atom. The standard InChI is InChI=1S/C17H8F9NO2/c18-15(19,20)9-3-8(4-10(6-9)16(21,22)23)12(28)14-13(29-14)7-1-2-27-11(5-7)17(24,25)26/h1-6,13,28H/b14-12-. The number of nitrogens with zero attached hydrogens (tertiary/aromatic N) is 1. The first-order chi connectivity index (χ1) is 13.2. The molecule has 1 unspecified atom stereocenters. The van der Waals surface area contributed by atoms with E-state index >= 15 is 0 Å². The van der Waals surface area contributed by atoms with E-state index in [9.17, 15) is 44.6 Å². The van der Waals surface area contributed by atoms with Gasteiger partial charge in [0.05, 0.1) is 11.1 Å². The Bertz CT molecular complexity index is 942. The van der Waals surface area contributed by atoms with Gasteiger partial charge in [0.1, 0.15) is 5.69 Å². The molecule has 156 valence electrons. The van der Waals surface area contributed by atoms with Crippen LogP contribution in [0.5, 0.6) is 0 Å². The zero-order valence-electron chi connectivity index (χ0n) is 13.7. The molecule has 12 heteroatoms. The number of aromatic nitrogens is 1. The average molecular weight is 429 g/mol. The number of aliphatic hydroxyl groups excluding tert-OH is 1. The van der Waals surface area contributed by atoms with Gasteiger partial charge in [-0.05, 0) is 30.3 Å². The highest BCUT2D eigenvalue weighted by Gasteiger charge is 2.42. The van der Waals surface area contributed by atoms with Gasteiger partial charge in [-0.25, -0.2) is 0 Å². The molecule has 3 rings (SSSR count). The first-order valence-electron chi connectivity index (χ1n) is 7.60. The molecule has 1 aromatic heterocycles. The molecule has 29 heavy (non-hydrogen) atoms. The highest BCUT2D eigenvalue weighted by Crippen LogP contribution is 2.48. The van der Waals surface area contributed by atoms with E-state index < -0.39 is 58.5 Å². The Kier molecular flexibility index (Phi) is 4.71. The average Bonchev–Trinajstić information content (AvgIpc) is 3.39. The van der Waals surface area contributed by atoms with Crippen LogP contribution in [0.2, 0.25) is 0 Å². The monoisotopic (exact) mass is 429 g/mol. The fourth-order valence-corrected chi connectivity index (χ4v) is 2.49. The van der Waals surface area contributed by atoms with Crippen LogP contribution >= 0.6 is 0 Å². The summed E-state index contributed by atoms with van der Waals surface area (Å²) in [6.07, 6.45) is -15.5. The van der Waals surface area contributed by atoms with E-state index in [1.165, 1.54) is 0 Å². The molecule has 0 aliphatic carbocycles. The maximum atomic E-state index is 12.9. The van der Waals surface area contributed by atoms with Crippen LogP contribution in [-0.2, 0) is 23.3 Å². The molecule has 1 fully saturated rings. The Hall–Kier alpha value is -2.92. The van der Waals surface area contributed by atoms with Crippen molar-refractivity contribution in [2.24, 2.45) is 0 Å². The second-order valence-corrected chi connectivity index (χ2v) is 5.98. The third-order valence-corrected chi connectivity index (χ3v) is 3.90. The van der Waals surface area contributed by atoms with E-state index in [4.69, 9.17) is 4.74 Å². The molecule has 1 aromatic carbocycles. The smallest absolute Gasteiger partial charge is 0.433 e. The molecule has 1 atom stereocenters. The van der Waals surface area contributed by atoms with E-state index in [0.717, 1.165) is 12.3 Å². The number of rotatable bonds is 2. The summed E-state index contributed by atoms with van der Waals surface area (Å²) in [5, 5.41) is 10.1. The van der Waals surface area contributed by atoms with Gasteiger partial charge in [0.25, 0.3) is 0 Å². The third-order valence-electron chi connectivity index (χ3n) is 3.90. The van der Waals surface area contributed by atoms with Crippen LogP contribution in [0, 0.1) is 0 Å². The van der Waals surface area contributed by atoms with Gasteiger partial charge in [-0.1, -0.05) is 0 Å². The minimum atomic E-state index is -5.13. The van der Waals surface area contributed by atoms with Crippen molar-refractivity contribution in [2.45, 2.75) is 24.6 Å². The molecule has 0 bridgehead atoms. The number of pyridine rings is 1. The van der Waals surface area contributed by atoms with Crippen LogP contribution in [0.3, 0.4) is 0 Å². The van der Waals surface area contributed by atoms with Gasteiger partial charge in [-0.2, -0.15) is 39.5 Å². The Morgan fingerprint density at radius 2 is 1.38 bits per heavy atom. The predicted octanol–water partition coefficient (Wildman–Crippen LogP) is 6.14. The number of halogens is 9. The highest BCUT2D eigenvalue weighted by molar-refractivity contribution is 5.66. The molecule has 1 aliphatic heterocycles. The largest absolute Gasteiger partial charge is 0.504 e. The van der Waals surface area contributed by atoms with Crippen molar-refractivity contribution in [1.82, 2.24) is 4.98 Å². The van der Waals surface area contributed by atoms with Crippen LogP contribution in [0.15, 0.2) is 42.3 Å². The van der Waals surface area contributed by atoms with Crippen LogP contribution in [0.4, 0.5) is 39.5 Å². The number of hydrogen-bond acceptors (Lipinski definition) is 3.